The summed E-state index contributed by atoms with van der Waals surface area (Å²) in [5.41, 5.74) is 2.11. The van der Waals surface area contributed by atoms with Crippen molar-refractivity contribution in [3.8, 4) is 0 Å². The Labute approximate surface area is 164 Å². The summed E-state index contributed by atoms with van der Waals surface area (Å²) in [5, 5.41) is 8.12. The number of furan rings is 1. The minimum atomic E-state index is -0.520. The van der Waals surface area contributed by atoms with Crippen LogP contribution in [0, 0.1) is 12.7 Å². The van der Waals surface area contributed by atoms with Crippen LogP contribution in [0.1, 0.15) is 41.4 Å². The normalized spacial score (nSPS) is 16.3. The summed E-state index contributed by atoms with van der Waals surface area (Å²) in [6, 6.07) is 5.83. The highest BCUT2D eigenvalue weighted by atomic mass is 19.1. The first-order valence-electron chi connectivity index (χ1n) is 9.38. The number of benzene rings is 1. The number of hydrogen-bond acceptors (Lipinski definition) is 6. The minimum absolute atomic E-state index is 0.0829. The summed E-state index contributed by atoms with van der Waals surface area (Å²) >= 11 is 0. The highest BCUT2D eigenvalue weighted by Crippen LogP contribution is 2.37. The molecule has 1 aliphatic rings. The molecule has 5 rings (SSSR count). The average molecular weight is 395 g/mol. The van der Waals surface area contributed by atoms with E-state index in [9.17, 15) is 9.18 Å². The zero-order valence-corrected chi connectivity index (χ0v) is 15.7. The van der Waals surface area contributed by atoms with E-state index in [1.54, 1.807) is 36.4 Å². The van der Waals surface area contributed by atoms with Gasteiger partial charge in [0.25, 0.3) is 0 Å². The van der Waals surface area contributed by atoms with Crippen molar-refractivity contribution < 1.29 is 18.0 Å². The molecule has 0 bridgehead atoms. The van der Waals surface area contributed by atoms with Gasteiger partial charge >= 0.3 is 0 Å². The molecule has 148 valence electrons. The summed E-state index contributed by atoms with van der Waals surface area (Å²) < 4.78 is 25.5. The van der Waals surface area contributed by atoms with Crippen molar-refractivity contribution in [1.82, 2.24) is 25.1 Å². The third-order valence-corrected chi connectivity index (χ3v) is 5.16. The Morgan fingerprint density at radius 1 is 1.34 bits per heavy atom. The van der Waals surface area contributed by atoms with Crippen LogP contribution in [0.15, 0.2) is 39.4 Å². The number of rotatable bonds is 4. The van der Waals surface area contributed by atoms with Crippen LogP contribution in [0.3, 0.4) is 0 Å². The molecule has 1 amide bonds. The topological polar surface area (TPSA) is 101 Å². The molecule has 0 fully saturated rings. The summed E-state index contributed by atoms with van der Waals surface area (Å²) in [5.74, 6) is 0.935. The van der Waals surface area contributed by atoms with Gasteiger partial charge in [-0.15, -0.1) is 10.2 Å². The number of amides is 1. The first-order chi connectivity index (χ1) is 14.1. The van der Waals surface area contributed by atoms with Crippen LogP contribution in [0.2, 0.25) is 0 Å². The maximum atomic E-state index is 14.2. The first-order valence-corrected chi connectivity index (χ1v) is 9.38. The van der Waals surface area contributed by atoms with Gasteiger partial charge in [-0.1, -0.05) is 6.07 Å². The smallest absolute Gasteiger partial charge is 0.224 e. The van der Waals surface area contributed by atoms with Crippen LogP contribution in [-0.2, 0) is 17.6 Å². The Kier molecular flexibility index (Phi) is 4.15. The Morgan fingerprint density at radius 3 is 3.03 bits per heavy atom. The van der Waals surface area contributed by atoms with Crippen LogP contribution in [-0.4, -0.2) is 37.5 Å². The quantitative estimate of drug-likeness (QED) is 0.570. The molecule has 8 nitrogen and oxygen atoms in total. The Bertz CT molecular complexity index is 1190. The third-order valence-electron chi connectivity index (χ3n) is 5.16. The predicted octanol–water partition coefficient (Wildman–Crippen LogP) is 3.09. The van der Waals surface area contributed by atoms with Crippen molar-refractivity contribution in [2.45, 2.75) is 32.2 Å². The minimum Gasteiger partial charge on any atom is -0.458 e. The van der Waals surface area contributed by atoms with Crippen LogP contribution in [0.5, 0.6) is 0 Å². The fourth-order valence-electron chi connectivity index (χ4n) is 3.81. The van der Waals surface area contributed by atoms with Gasteiger partial charge in [-0.2, -0.15) is 0 Å². The monoisotopic (exact) mass is 395 g/mol. The molecule has 29 heavy (non-hydrogen) atoms. The number of halogens is 1. The summed E-state index contributed by atoms with van der Waals surface area (Å²) in [7, 11) is 0. The highest BCUT2D eigenvalue weighted by molar-refractivity contribution is 5.80. The van der Waals surface area contributed by atoms with Crippen molar-refractivity contribution >= 4 is 16.9 Å². The fraction of sp³-hybridized carbons (Fsp3) is 0.300. The van der Waals surface area contributed by atoms with Crippen molar-refractivity contribution in [1.29, 1.82) is 0 Å². The number of aryl methyl sites for hydroxylation is 2. The van der Waals surface area contributed by atoms with Crippen LogP contribution in [0.4, 0.5) is 4.39 Å². The number of aromatic amines is 1. The zero-order chi connectivity index (χ0) is 20.0. The van der Waals surface area contributed by atoms with Gasteiger partial charge in [0.1, 0.15) is 23.2 Å². The molecule has 0 unspecified atom stereocenters. The largest absolute Gasteiger partial charge is 0.458 e. The summed E-state index contributed by atoms with van der Waals surface area (Å²) in [4.78, 5) is 22.3. The lowest BCUT2D eigenvalue weighted by Gasteiger charge is -2.33. The zero-order valence-electron chi connectivity index (χ0n) is 15.7. The van der Waals surface area contributed by atoms with E-state index in [-0.39, 0.29) is 18.1 Å². The molecule has 0 spiro atoms. The molecule has 1 atom stereocenters. The van der Waals surface area contributed by atoms with E-state index >= 15 is 0 Å². The first kappa shape index (κ1) is 17.6. The van der Waals surface area contributed by atoms with Gasteiger partial charge in [0, 0.05) is 38.4 Å². The molecule has 0 radical (unpaired) electrons. The molecule has 1 N–H and O–H groups in total. The highest BCUT2D eigenvalue weighted by Gasteiger charge is 2.36. The van der Waals surface area contributed by atoms with Gasteiger partial charge in [-0.25, -0.2) is 9.37 Å². The van der Waals surface area contributed by atoms with E-state index in [4.69, 9.17) is 8.83 Å². The van der Waals surface area contributed by atoms with Crippen molar-refractivity contribution in [3.63, 3.8) is 0 Å². The number of carbonyl (C=O) groups is 1. The molecule has 0 saturated heterocycles. The second kappa shape index (κ2) is 6.84. The number of nitrogens with one attached hydrogen (secondary N) is 1. The van der Waals surface area contributed by atoms with E-state index < -0.39 is 6.04 Å². The molecule has 3 aromatic heterocycles. The average Bonchev–Trinajstić information content (AvgIpc) is 3.44. The number of hydrogen-bond donors (Lipinski definition) is 1. The van der Waals surface area contributed by atoms with Crippen LogP contribution in [0.25, 0.3) is 11.0 Å². The third kappa shape index (κ3) is 3.08. The van der Waals surface area contributed by atoms with Gasteiger partial charge in [0.05, 0.1) is 17.4 Å². The number of fused-ring (bicyclic) bond motifs is 2. The van der Waals surface area contributed by atoms with Gasteiger partial charge in [-0.05, 0) is 18.2 Å². The van der Waals surface area contributed by atoms with Crippen LogP contribution < -0.4 is 0 Å². The van der Waals surface area contributed by atoms with Gasteiger partial charge < -0.3 is 18.7 Å². The molecular formula is C20H18FN5O3. The maximum Gasteiger partial charge on any atom is 0.224 e. The van der Waals surface area contributed by atoms with Gasteiger partial charge in [0.15, 0.2) is 0 Å². The van der Waals surface area contributed by atoms with Crippen molar-refractivity contribution in [2.24, 2.45) is 0 Å². The van der Waals surface area contributed by atoms with Gasteiger partial charge in [0.2, 0.25) is 17.7 Å². The molecule has 4 aromatic rings. The summed E-state index contributed by atoms with van der Waals surface area (Å²) in [6.45, 7) is 2.21. The maximum absolute atomic E-state index is 14.2. The second-order valence-electron chi connectivity index (χ2n) is 7.02. The molecule has 9 heteroatoms. The number of aromatic nitrogens is 4. The van der Waals surface area contributed by atoms with Crippen molar-refractivity contribution in [3.05, 3.63) is 65.3 Å². The Balaban J connectivity index is 1.48. The molecule has 1 aromatic carbocycles. The lowest BCUT2D eigenvalue weighted by molar-refractivity contribution is -0.133. The number of H-pyrrole nitrogens is 1. The second-order valence-corrected chi connectivity index (χ2v) is 7.02. The van der Waals surface area contributed by atoms with Crippen molar-refractivity contribution in [2.75, 3.05) is 6.54 Å². The predicted molar refractivity (Wildman–Crippen MR) is 99.4 cm³/mol. The van der Waals surface area contributed by atoms with E-state index in [0.29, 0.717) is 47.9 Å². The molecular weight excluding hydrogens is 377 g/mol. The van der Waals surface area contributed by atoms with E-state index in [1.165, 1.54) is 6.07 Å². The fourth-order valence-corrected chi connectivity index (χ4v) is 3.81. The lowest BCUT2D eigenvalue weighted by atomic mass is 9.99. The summed E-state index contributed by atoms with van der Waals surface area (Å²) in [6.07, 6.45) is 2.83. The Hall–Kier alpha value is -3.49. The van der Waals surface area contributed by atoms with Gasteiger partial charge in [-0.3, -0.25) is 4.79 Å². The van der Waals surface area contributed by atoms with E-state index in [2.05, 4.69) is 20.2 Å². The number of carbonyl (C=O) groups excluding carboxylic acids is 1. The molecule has 0 aliphatic carbocycles. The van der Waals surface area contributed by atoms with Crippen LogP contribution >= 0.6 is 0 Å². The van der Waals surface area contributed by atoms with E-state index in [1.807, 2.05) is 0 Å². The standard InChI is InChI=1S/C20H18FN5O3/c1-11-24-25-17(28-11)5-6-18(27)26-8-7-14-19(23-10-22-14)20(26)16-9-12-13(21)3-2-4-15(12)29-16/h2-4,9-10,20H,5-8H2,1H3,(H,22,23)/t20-/m1/s1. The Morgan fingerprint density at radius 2 is 2.24 bits per heavy atom. The molecule has 1 aliphatic heterocycles. The molecule has 4 heterocycles. The number of nitrogens with zero attached hydrogens (tertiary/aromatic N) is 4. The SMILES string of the molecule is Cc1nnc(CCC(=O)N2CCc3[nH]cnc3[C@H]2c2cc3c(F)cccc3o2)o1. The number of imidazole rings is 1. The van der Waals surface area contributed by atoms with E-state index in [0.717, 1.165) is 11.4 Å². The lowest BCUT2D eigenvalue weighted by Crippen LogP contribution is -2.40. The molecule has 0 saturated carbocycles.